The van der Waals surface area contributed by atoms with E-state index in [0.29, 0.717) is 0 Å². The Balaban J connectivity index is 2.27. The SMILES string of the molecule is CCC1CCC(N(C)CCC(O)C(C)(C)C)CC1. The number of rotatable bonds is 5. The van der Waals surface area contributed by atoms with Crippen molar-refractivity contribution in [1.82, 2.24) is 4.90 Å². The number of hydrogen-bond donors (Lipinski definition) is 1. The summed E-state index contributed by atoms with van der Waals surface area (Å²) in [6.45, 7) is 9.69. The summed E-state index contributed by atoms with van der Waals surface area (Å²) >= 11 is 0. The van der Waals surface area contributed by atoms with Gasteiger partial charge in [0.15, 0.2) is 0 Å². The first kappa shape index (κ1) is 16.0. The lowest BCUT2D eigenvalue weighted by Gasteiger charge is -2.35. The molecule has 1 rings (SSSR count). The van der Waals surface area contributed by atoms with E-state index >= 15 is 0 Å². The molecule has 1 saturated carbocycles. The fraction of sp³-hybridized carbons (Fsp3) is 1.00. The molecule has 0 aromatic heterocycles. The van der Waals surface area contributed by atoms with Crippen LogP contribution in [-0.4, -0.2) is 35.7 Å². The zero-order valence-electron chi connectivity index (χ0n) is 13.1. The molecule has 0 bridgehead atoms. The molecule has 0 aromatic carbocycles. The van der Waals surface area contributed by atoms with E-state index in [1.165, 1.54) is 32.1 Å². The van der Waals surface area contributed by atoms with Gasteiger partial charge >= 0.3 is 0 Å². The Labute approximate surface area is 114 Å². The maximum Gasteiger partial charge on any atom is 0.0600 e. The van der Waals surface area contributed by atoms with E-state index in [0.717, 1.165) is 24.9 Å². The molecule has 0 saturated heterocycles. The maximum absolute atomic E-state index is 10.1. The lowest BCUT2D eigenvalue weighted by Crippen LogP contribution is -2.38. The Bertz CT molecular complexity index is 226. The molecule has 108 valence electrons. The van der Waals surface area contributed by atoms with Gasteiger partial charge in [-0.15, -0.1) is 0 Å². The summed E-state index contributed by atoms with van der Waals surface area (Å²) in [5, 5.41) is 10.1. The van der Waals surface area contributed by atoms with Crippen LogP contribution >= 0.6 is 0 Å². The van der Waals surface area contributed by atoms with Crippen molar-refractivity contribution < 1.29 is 5.11 Å². The molecule has 0 amide bonds. The largest absolute Gasteiger partial charge is 0.393 e. The molecular formula is C16H33NO. The summed E-state index contributed by atoms with van der Waals surface area (Å²) in [6.07, 6.45) is 7.54. The minimum atomic E-state index is -0.188. The Morgan fingerprint density at radius 3 is 2.17 bits per heavy atom. The van der Waals surface area contributed by atoms with Gasteiger partial charge in [0, 0.05) is 12.6 Å². The fourth-order valence-corrected chi connectivity index (χ4v) is 2.94. The number of aliphatic hydroxyl groups is 1. The maximum atomic E-state index is 10.1. The molecule has 1 atom stereocenters. The second-order valence-electron chi connectivity index (χ2n) is 7.23. The van der Waals surface area contributed by atoms with Crippen LogP contribution in [0.1, 0.15) is 66.2 Å². The van der Waals surface area contributed by atoms with E-state index < -0.39 is 0 Å². The molecule has 0 radical (unpaired) electrons. The highest BCUT2D eigenvalue weighted by atomic mass is 16.3. The molecule has 0 spiro atoms. The van der Waals surface area contributed by atoms with Gasteiger partial charge in [-0.05, 0) is 50.5 Å². The van der Waals surface area contributed by atoms with Crippen molar-refractivity contribution >= 4 is 0 Å². The molecular weight excluding hydrogens is 222 g/mol. The van der Waals surface area contributed by atoms with Crippen LogP contribution in [0.3, 0.4) is 0 Å². The van der Waals surface area contributed by atoms with Crippen LogP contribution in [0.25, 0.3) is 0 Å². The second-order valence-corrected chi connectivity index (χ2v) is 7.23. The van der Waals surface area contributed by atoms with Gasteiger partial charge in [0.1, 0.15) is 0 Å². The molecule has 18 heavy (non-hydrogen) atoms. The minimum absolute atomic E-state index is 0.0146. The third kappa shape index (κ3) is 4.89. The number of hydrogen-bond acceptors (Lipinski definition) is 2. The van der Waals surface area contributed by atoms with E-state index in [-0.39, 0.29) is 11.5 Å². The van der Waals surface area contributed by atoms with Crippen molar-refractivity contribution in [2.75, 3.05) is 13.6 Å². The van der Waals surface area contributed by atoms with Gasteiger partial charge < -0.3 is 10.0 Å². The van der Waals surface area contributed by atoms with Crippen LogP contribution in [0, 0.1) is 11.3 Å². The van der Waals surface area contributed by atoms with Crippen LogP contribution in [0.15, 0.2) is 0 Å². The first-order valence-electron chi connectivity index (χ1n) is 7.73. The summed E-state index contributed by atoms with van der Waals surface area (Å²) in [4.78, 5) is 2.47. The molecule has 1 aliphatic rings. The molecule has 0 aliphatic heterocycles. The quantitative estimate of drug-likeness (QED) is 0.810. The predicted octanol–water partition coefficient (Wildman–Crippen LogP) is 3.68. The van der Waals surface area contributed by atoms with Gasteiger partial charge in [-0.3, -0.25) is 0 Å². The van der Waals surface area contributed by atoms with Gasteiger partial charge in [-0.1, -0.05) is 34.1 Å². The first-order valence-corrected chi connectivity index (χ1v) is 7.73. The van der Waals surface area contributed by atoms with Crippen molar-refractivity contribution in [2.45, 2.75) is 78.4 Å². The zero-order chi connectivity index (χ0) is 13.8. The fourth-order valence-electron chi connectivity index (χ4n) is 2.94. The van der Waals surface area contributed by atoms with Crippen molar-refractivity contribution in [2.24, 2.45) is 11.3 Å². The summed E-state index contributed by atoms with van der Waals surface area (Å²) < 4.78 is 0. The van der Waals surface area contributed by atoms with Crippen LogP contribution in [-0.2, 0) is 0 Å². The van der Waals surface area contributed by atoms with E-state index in [1.54, 1.807) is 0 Å². The monoisotopic (exact) mass is 255 g/mol. The van der Waals surface area contributed by atoms with E-state index in [2.05, 4.69) is 39.6 Å². The molecule has 1 fully saturated rings. The van der Waals surface area contributed by atoms with E-state index in [9.17, 15) is 5.11 Å². The highest BCUT2D eigenvalue weighted by Crippen LogP contribution is 2.29. The second kappa shape index (κ2) is 6.91. The summed E-state index contributed by atoms with van der Waals surface area (Å²) in [5.74, 6) is 0.967. The Hall–Kier alpha value is -0.0800. The van der Waals surface area contributed by atoms with Crippen molar-refractivity contribution in [3.05, 3.63) is 0 Å². The van der Waals surface area contributed by atoms with Crippen LogP contribution in [0.2, 0.25) is 0 Å². The van der Waals surface area contributed by atoms with Crippen LogP contribution in [0.4, 0.5) is 0 Å². The number of aliphatic hydroxyl groups excluding tert-OH is 1. The molecule has 1 aliphatic carbocycles. The van der Waals surface area contributed by atoms with E-state index in [1.807, 2.05) is 0 Å². The summed E-state index contributed by atoms with van der Waals surface area (Å²) in [5.41, 5.74) is 0.0146. The molecule has 1 N–H and O–H groups in total. The van der Waals surface area contributed by atoms with Gasteiger partial charge in [-0.25, -0.2) is 0 Å². The summed E-state index contributed by atoms with van der Waals surface area (Å²) in [6, 6.07) is 0.750. The summed E-state index contributed by atoms with van der Waals surface area (Å²) in [7, 11) is 2.23. The Kier molecular flexibility index (Phi) is 6.13. The smallest absolute Gasteiger partial charge is 0.0600 e. The zero-order valence-corrected chi connectivity index (χ0v) is 13.1. The normalized spacial score (nSPS) is 27.5. The first-order chi connectivity index (χ1) is 8.34. The van der Waals surface area contributed by atoms with Gasteiger partial charge in [-0.2, -0.15) is 0 Å². The third-order valence-electron chi connectivity index (χ3n) is 4.77. The molecule has 0 aromatic rings. The number of nitrogens with zero attached hydrogens (tertiary/aromatic N) is 1. The highest BCUT2D eigenvalue weighted by Gasteiger charge is 2.25. The standard InChI is InChI=1S/C16H33NO/c1-6-13-7-9-14(10-8-13)17(5)12-11-15(18)16(2,3)4/h13-15,18H,6-12H2,1-5H3. The van der Waals surface area contributed by atoms with Crippen LogP contribution in [0.5, 0.6) is 0 Å². The molecule has 1 unspecified atom stereocenters. The van der Waals surface area contributed by atoms with Crippen molar-refractivity contribution in [1.29, 1.82) is 0 Å². The Morgan fingerprint density at radius 2 is 1.72 bits per heavy atom. The minimum Gasteiger partial charge on any atom is -0.393 e. The van der Waals surface area contributed by atoms with Gasteiger partial charge in [0.25, 0.3) is 0 Å². The molecule has 2 nitrogen and oxygen atoms in total. The van der Waals surface area contributed by atoms with Gasteiger partial charge in [0.2, 0.25) is 0 Å². The van der Waals surface area contributed by atoms with Crippen LogP contribution < -0.4 is 0 Å². The lowest BCUT2D eigenvalue weighted by atomic mass is 9.83. The predicted molar refractivity (Wildman–Crippen MR) is 78.7 cm³/mol. The highest BCUT2D eigenvalue weighted by molar-refractivity contribution is 4.79. The third-order valence-corrected chi connectivity index (χ3v) is 4.77. The average molecular weight is 255 g/mol. The van der Waals surface area contributed by atoms with Gasteiger partial charge in [0.05, 0.1) is 6.10 Å². The van der Waals surface area contributed by atoms with Crippen molar-refractivity contribution in [3.63, 3.8) is 0 Å². The van der Waals surface area contributed by atoms with E-state index in [4.69, 9.17) is 0 Å². The lowest BCUT2D eigenvalue weighted by molar-refractivity contribution is 0.0407. The average Bonchev–Trinajstić information content (AvgIpc) is 2.34. The molecule has 2 heteroatoms. The Morgan fingerprint density at radius 1 is 1.17 bits per heavy atom. The molecule has 0 heterocycles. The topological polar surface area (TPSA) is 23.5 Å². The van der Waals surface area contributed by atoms with Crippen molar-refractivity contribution in [3.8, 4) is 0 Å².